The van der Waals surface area contributed by atoms with Gasteiger partial charge in [-0.25, -0.2) is 0 Å². The maximum Gasteiger partial charge on any atom is 0.228 e. The highest BCUT2D eigenvalue weighted by Crippen LogP contribution is 2.31. The molecule has 1 saturated heterocycles. The number of benzene rings is 1. The zero-order valence-corrected chi connectivity index (χ0v) is 9.41. The molecule has 0 N–H and O–H groups in total. The molecule has 0 radical (unpaired) electrons. The van der Waals surface area contributed by atoms with Gasteiger partial charge in [0, 0.05) is 18.2 Å². The van der Waals surface area contributed by atoms with E-state index in [0.717, 1.165) is 11.4 Å². The summed E-state index contributed by atoms with van der Waals surface area (Å²) in [6.45, 7) is 0.655. The lowest BCUT2D eigenvalue weighted by atomic mass is 10.2. The molecule has 15 heavy (non-hydrogen) atoms. The molecule has 4 heteroatoms. The topological polar surface area (TPSA) is 29.5 Å². The quantitative estimate of drug-likeness (QED) is 0.774. The molecule has 1 amide bonds. The normalized spacial score (nSPS) is 20.8. The Morgan fingerprint density at radius 2 is 2.20 bits per heavy atom. The van der Waals surface area contributed by atoms with E-state index in [1.54, 1.807) is 12.0 Å². The summed E-state index contributed by atoms with van der Waals surface area (Å²) >= 11 is 4.32. The van der Waals surface area contributed by atoms with Crippen molar-refractivity contribution < 1.29 is 9.53 Å². The van der Waals surface area contributed by atoms with Crippen LogP contribution in [-0.4, -0.2) is 24.8 Å². The van der Waals surface area contributed by atoms with Crippen LogP contribution in [0.15, 0.2) is 24.3 Å². The van der Waals surface area contributed by atoms with E-state index >= 15 is 0 Å². The molecule has 2 rings (SSSR count). The predicted octanol–water partition coefficient (Wildman–Crippen LogP) is 1.73. The first kappa shape index (κ1) is 10.4. The molecule has 0 bridgehead atoms. The van der Waals surface area contributed by atoms with Gasteiger partial charge < -0.3 is 9.64 Å². The first-order chi connectivity index (χ1) is 7.22. The van der Waals surface area contributed by atoms with Crippen molar-refractivity contribution in [3.8, 4) is 5.75 Å². The van der Waals surface area contributed by atoms with Gasteiger partial charge in [0.1, 0.15) is 5.75 Å². The second-order valence-corrected chi connectivity index (χ2v) is 4.26. The van der Waals surface area contributed by atoms with E-state index in [9.17, 15) is 4.79 Å². The third kappa shape index (κ3) is 1.95. The molecular formula is C11H13NO2S. The smallest absolute Gasteiger partial charge is 0.228 e. The Morgan fingerprint density at radius 3 is 2.80 bits per heavy atom. The lowest BCUT2D eigenvalue weighted by molar-refractivity contribution is -0.117. The fraction of sp³-hybridized carbons (Fsp3) is 0.364. The minimum absolute atomic E-state index is 0.111. The maximum atomic E-state index is 11.7. The number of methoxy groups -OCH3 is 1. The van der Waals surface area contributed by atoms with E-state index < -0.39 is 0 Å². The van der Waals surface area contributed by atoms with Gasteiger partial charge in [0.2, 0.25) is 5.91 Å². The van der Waals surface area contributed by atoms with E-state index in [-0.39, 0.29) is 11.2 Å². The molecule has 1 fully saturated rings. The zero-order chi connectivity index (χ0) is 10.8. The number of para-hydroxylation sites is 2. The van der Waals surface area contributed by atoms with Crippen LogP contribution in [0.3, 0.4) is 0 Å². The van der Waals surface area contributed by atoms with Crippen molar-refractivity contribution in [3.05, 3.63) is 24.3 Å². The van der Waals surface area contributed by atoms with Crippen LogP contribution in [0, 0.1) is 0 Å². The van der Waals surface area contributed by atoms with Gasteiger partial charge in [-0.15, -0.1) is 0 Å². The Labute approximate surface area is 94.4 Å². The summed E-state index contributed by atoms with van der Waals surface area (Å²) in [6, 6.07) is 7.54. The van der Waals surface area contributed by atoms with Crippen molar-refractivity contribution in [2.75, 3.05) is 18.6 Å². The van der Waals surface area contributed by atoms with Gasteiger partial charge in [-0.3, -0.25) is 4.79 Å². The summed E-state index contributed by atoms with van der Waals surface area (Å²) in [5.74, 6) is 0.841. The van der Waals surface area contributed by atoms with Crippen LogP contribution >= 0.6 is 12.6 Å². The van der Waals surface area contributed by atoms with Gasteiger partial charge in [-0.1, -0.05) is 12.1 Å². The number of rotatable bonds is 2. The number of amides is 1. The zero-order valence-electron chi connectivity index (χ0n) is 8.51. The molecule has 0 saturated carbocycles. The first-order valence-corrected chi connectivity index (χ1v) is 5.35. The highest BCUT2D eigenvalue weighted by molar-refractivity contribution is 7.81. The number of anilines is 1. The third-order valence-electron chi connectivity index (χ3n) is 2.48. The van der Waals surface area contributed by atoms with Crippen LogP contribution in [0.25, 0.3) is 0 Å². The molecule has 0 aliphatic carbocycles. The minimum atomic E-state index is 0.111. The standard InChI is InChI=1S/C11H13NO2S/c1-14-10-5-3-2-4-9(10)12-7-8(15)6-11(12)13/h2-5,8,15H,6-7H2,1H3. The van der Waals surface area contributed by atoms with Crippen LogP contribution in [0.5, 0.6) is 5.75 Å². The van der Waals surface area contributed by atoms with Crippen LogP contribution in [0.2, 0.25) is 0 Å². The summed E-state index contributed by atoms with van der Waals surface area (Å²) < 4.78 is 5.22. The molecule has 1 aromatic rings. The van der Waals surface area contributed by atoms with Gasteiger partial charge in [0.05, 0.1) is 12.8 Å². The third-order valence-corrected chi connectivity index (χ3v) is 2.83. The Bertz CT molecular complexity index is 381. The fourth-order valence-electron chi connectivity index (χ4n) is 1.77. The molecule has 1 aliphatic rings. The monoisotopic (exact) mass is 223 g/mol. The molecule has 1 unspecified atom stereocenters. The SMILES string of the molecule is COc1ccccc1N1CC(S)CC1=O. The van der Waals surface area contributed by atoms with E-state index in [0.29, 0.717) is 13.0 Å². The summed E-state index contributed by atoms with van der Waals surface area (Å²) in [5, 5.41) is 0.127. The predicted molar refractivity (Wildman–Crippen MR) is 62.7 cm³/mol. The Hall–Kier alpha value is -1.16. The average molecular weight is 223 g/mol. The molecule has 3 nitrogen and oxygen atoms in total. The van der Waals surface area contributed by atoms with Crippen LogP contribution in [-0.2, 0) is 4.79 Å². The van der Waals surface area contributed by atoms with Crippen molar-refractivity contribution in [2.24, 2.45) is 0 Å². The van der Waals surface area contributed by atoms with Gasteiger partial charge in [-0.2, -0.15) is 12.6 Å². The van der Waals surface area contributed by atoms with E-state index in [4.69, 9.17) is 4.74 Å². The largest absolute Gasteiger partial charge is 0.495 e. The maximum absolute atomic E-state index is 11.7. The van der Waals surface area contributed by atoms with Gasteiger partial charge in [-0.05, 0) is 12.1 Å². The Balaban J connectivity index is 2.33. The molecule has 1 aromatic carbocycles. The highest BCUT2D eigenvalue weighted by Gasteiger charge is 2.29. The summed E-state index contributed by atoms with van der Waals surface area (Å²) in [6.07, 6.45) is 0.501. The molecular weight excluding hydrogens is 210 g/mol. The number of hydrogen-bond acceptors (Lipinski definition) is 3. The van der Waals surface area contributed by atoms with E-state index in [2.05, 4.69) is 12.6 Å². The highest BCUT2D eigenvalue weighted by atomic mass is 32.1. The number of hydrogen-bond donors (Lipinski definition) is 1. The number of nitrogens with zero attached hydrogens (tertiary/aromatic N) is 1. The van der Waals surface area contributed by atoms with Crippen LogP contribution in [0.1, 0.15) is 6.42 Å². The molecule has 1 aliphatic heterocycles. The molecule has 0 spiro atoms. The van der Waals surface area contributed by atoms with Crippen molar-refractivity contribution in [3.63, 3.8) is 0 Å². The first-order valence-electron chi connectivity index (χ1n) is 4.84. The minimum Gasteiger partial charge on any atom is -0.495 e. The summed E-state index contributed by atoms with van der Waals surface area (Å²) in [5.41, 5.74) is 0.835. The Morgan fingerprint density at radius 1 is 1.47 bits per heavy atom. The van der Waals surface area contributed by atoms with Gasteiger partial charge in [0.25, 0.3) is 0 Å². The molecule has 0 aromatic heterocycles. The summed E-state index contributed by atoms with van der Waals surface area (Å²) in [4.78, 5) is 13.4. The molecule has 80 valence electrons. The van der Waals surface area contributed by atoms with Gasteiger partial charge in [0.15, 0.2) is 0 Å². The average Bonchev–Trinajstić information content (AvgIpc) is 2.57. The number of carbonyl (C=O) groups excluding carboxylic acids is 1. The Kier molecular flexibility index (Phi) is 2.86. The van der Waals surface area contributed by atoms with Crippen molar-refractivity contribution in [2.45, 2.75) is 11.7 Å². The second kappa shape index (κ2) is 4.14. The van der Waals surface area contributed by atoms with Crippen LogP contribution in [0.4, 0.5) is 5.69 Å². The van der Waals surface area contributed by atoms with E-state index in [1.807, 2.05) is 24.3 Å². The second-order valence-electron chi connectivity index (χ2n) is 3.53. The van der Waals surface area contributed by atoms with Crippen molar-refractivity contribution in [1.82, 2.24) is 0 Å². The van der Waals surface area contributed by atoms with Crippen molar-refractivity contribution >= 4 is 24.2 Å². The molecule has 1 heterocycles. The lowest BCUT2D eigenvalue weighted by Crippen LogP contribution is -2.25. The fourth-order valence-corrected chi connectivity index (χ4v) is 2.09. The van der Waals surface area contributed by atoms with Gasteiger partial charge >= 0.3 is 0 Å². The summed E-state index contributed by atoms with van der Waals surface area (Å²) in [7, 11) is 1.61. The molecule has 1 atom stereocenters. The van der Waals surface area contributed by atoms with Crippen molar-refractivity contribution in [1.29, 1.82) is 0 Å². The van der Waals surface area contributed by atoms with E-state index in [1.165, 1.54) is 0 Å². The van der Waals surface area contributed by atoms with Crippen LogP contribution < -0.4 is 9.64 Å². The lowest BCUT2D eigenvalue weighted by Gasteiger charge is -2.18. The number of thiol groups is 1. The number of carbonyl (C=O) groups is 1. The number of ether oxygens (including phenoxy) is 1.